The number of urea groups is 1. The number of pyridine rings is 1. The molecule has 7 rings (SSSR count). The summed E-state index contributed by atoms with van der Waals surface area (Å²) in [4.78, 5) is 29.5. The Bertz CT molecular complexity index is 1670. The highest BCUT2D eigenvalue weighted by atomic mass is 16.2. The molecule has 236 valence electrons. The molecule has 11 heteroatoms. The highest BCUT2D eigenvalue weighted by Crippen LogP contribution is 2.46. The first-order chi connectivity index (χ1) is 22.5. The van der Waals surface area contributed by atoms with Gasteiger partial charge in [-0.2, -0.15) is 15.3 Å². The largest absolute Gasteiger partial charge is 0.366 e. The minimum atomic E-state index is -0.158. The van der Waals surface area contributed by atoms with Crippen LogP contribution in [0.15, 0.2) is 67.3 Å². The first-order valence-corrected chi connectivity index (χ1v) is 16.4. The van der Waals surface area contributed by atoms with Gasteiger partial charge in [-0.05, 0) is 80.9 Å². The smallest absolute Gasteiger partial charge is 0.323 e. The summed E-state index contributed by atoms with van der Waals surface area (Å²) in [6.07, 6.45) is 15.5. The fourth-order valence-electron chi connectivity index (χ4n) is 6.58. The molecule has 4 aromatic rings. The minimum Gasteiger partial charge on any atom is -0.366 e. The molecule has 0 bridgehead atoms. The number of nitrogens with one attached hydrogen (secondary N) is 3. The van der Waals surface area contributed by atoms with Gasteiger partial charge in [-0.1, -0.05) is 30.3 Å². The third-order valence-corrected chi connectivity index (χ3v) is 9.41. The van der Waals surface area contributed by atoms with E-state index in [0.29, 0.717) is 47.6 Å². The van der Waals surface area contributed by atoms with Crippen molar-refractivity contribution in [1.82, 2.24) is 30.0 Å². The summed E-state index contributed by atoms with van der Waals surface area (Å²) in [7, 11) is 1.89. The van der Waals surface area contributed by atoms with Gasteiger partial charge in [0.15, 0.2) is 0 Å². The Hall–Kier alpha value is -4.98. The van der Waals surface area contributed by atoms with Crippen molar-refractivity contribution in [2.24, 2.45) is 18.9 Å². The van der Waals surface area contributed by atoms with Crippen LogP contribution < -0.4 is 20.9 Å². The van der Waals surface area contributed by atoms with Crippen molar-refractivity contribution in [3.8, 4) is 17.2 Å². The van der Waals surface area contributed by atoms with Crippen molar-refractivity contribution in [2.45, 2.75) is 76.0 Å². The SMILES string of the molecule is Cn1cc(-c2ccc(N(C(=O)NCc3ccccc3)[C@H]3CC[C@H](Nc4ncc(C#N)c(NC(C5CC5)C5CC5)n4)CC3)nc2)cn1. The molecule has 3 saturated carbocycles. The Labute approximate surface area is 269 Å². The van der Waals surface area contributed by atoms with Gasteiger partial charge in [0, 0.05) is 55.2 Å². The number of carbonyl (C=O) groups excluding carboxylic acids is 1. The van der Waals surface area contributed by atoms with Gasteiger partial charge in [0.05, 0.1) is 12.4 Å². The van der Waals surface area contributed by atoms with Crippen LogP contribution in [0.4, 0.5) is 22.4 Å². The number of rotatable bonds is 11. The van der Waals surface area contributed by atoms with E-state index in [1.807, 2.05) is 73.0 Å². The van der Waals surface area contributed by atoms with Crippen molar-refractivity contribution in [3.63, 3.8) is 0 Å². The number of nitriles is 1. The highest BCUT2D eigenvalue weighted by Gasteiger charge is 2.42. The Morgan fingerprint density at radius 2 is 1.72 bits per heavy atom. The molecule has 0 radical (unpaired) electrons. The summed E-state index contributed by atoms with van der Waals surface area (Å²) in [5.74, 6) is 3.19. The molecule has 1 aromatic carbocycles. The molecule has 0 unspecified atom stereocenters. The Balaban J connectivity index is 1.03. The molecule has 3 fully saturated rings. The number of carbonyl (C=O) groups is 1. The van der Waals surface area contributed by atoms with Crippen LogP contribution in [0.2, 0.25) is 0 Å². The third-order valence-electron chi connectivity index (χ3n) is 9.41. The second-order valence-electron chi connectivity index (χ2n) is 12.9. The van der Waals surface area contributed by atoms with Crippen LogP contribution in [0, 0.1) is 23.2 Å². The fourth-order valence-corrected chi connectivity index (χ4v) is 6.58. The lowest BCUT2D eigenvalue weighted by atomic mass is 9.90. The van der Waals surface area contributed by atoms with Crippen LogP contribution in [-0.2, 0) is 13.6 Å². The van der Waals surface area contributed by atoms with Crippen molar-refractivity contribution < 1.29 is 4.79 Å². The van der Waals surface area contributed by atoms with Gasteiger partial charge in [-0.3, -0.25) is 9.58 Å². The molecule has 11 nitrogen and oxygen atoms in total. The number of nitrogens with zero attached hydrogens (tertiary/aromatic N) is 7. The predicted molar refractivity (Wildman–Crippen MR) is 177 cm³/mol. The molecule has 3 N–H and O–H groups in total. The van der Waals surface area contributed by atoms with Gasteiger partial charge < -0.3 is 16.0 Å². The number of aryl methyl sites for hydroxylation is 1. The first-order valence-electron chi connectivity index (χ1n) is 16.4. The van der Waals surface area contributed by atoms with Crippen molar-refractivity contribution in [2.75, 3.05) is 15.5 Å². The van der Waals surface area contributed by atoms with Gasteiger partial charge in [-0.15, -0.1) is 0 Å². The molecule has 3 aliphatic carbocycles. The molecule has 46 heavy (non-hydrogen) atoms. The number of amides is 2. The molecule has 0 spiro atoms. The van der Waals surface area contributed by atoms with E-state index < -0.39 is 0 Å². The Kier molecular flexibility index (Phi) is 8.51. The molecule has 0 aliphatic heterocycles. The fraction of sp³-hybridized carbons (Fsp3) is 0.429. The van der Waals surface area contributed by atoms with Gasteiger partial charge in [0.25, 0.3) is 0 Å². The summed E-state index contributed by atoms with van der Waals surface area (Å²) in [6.45, 7) is 0.440. The predicted octanol–water partition coefficient (Wildman–Crippen LogP) is 5.88. The molecule has 0 saturated heterocycles. The van der Waals surface area contributed by atoms with E-state index in [9.17, 15) is 10.1 Å². The van der Waals surface area contributed by atoms with Gasteiger partial charge in [0.2, 0.25) is 5.95 Å². The van der Waals surface area contributed by atoms with E-state index in [-0.39, 0.29) is 18.1 Å². The molecular formula is C35H40N10O. The molecule has 2 amide bonds. The van der Waals surface area contributed by atoms with Crippen LogP contribution in [0.3, 0.4) is 0 Å². The molecule has 0 atom stereocenters. The number of benzene rings is 1. The normalized spacial score (nSPS) is 19.3. The zero-order chi connectivity index (χ0) is 31.5. The Morgan fingerprint density at radius 3 is 2.35 bits per heavy atom. The van der Waals surface area contributed by atoms with E-state index in [0.717, 1.165) is 42.4 Å². The number of hydrogen-bond acceptors (Lipinski definition) is 8. The van der Waals surface area contributed by atoms with E-state index >= 15 is 0 Å². The lowest BCUT2D eigenvalue weighted by Gasteiger charge is -2.36. The van der Waals surface area contributed by atoms with Crippen molar-refractivity contribution in [1.29, 1.82) is 5.26 Å². The summed E-state index contributed by atoms with van der Waals surface area (Å²) in [5.41, 5.74) is 3.46. The third kappa shape index (κ3) is 6.96. The monoisotopic (exact) mass is 616 g/mol. The zero-order valence-corrected chi connectivity index (χ0v) is 26.1. The van der Waals surface area contributed by atoms with Crippen LogP contribution in [0.25, 0.3) is 11.1 Å². The number of anilines is 3. The quantitative estimate of drug-likeness (QED) is 0.190. The zero-order valence-electron chi connectivity index (χ0n) is 26.1. The maximum absolute atomic E-state index is 13.7. The highest BCUT2D eigenvalue weighted by molar-refractivity contribution is 5.91. The summed E-state index contributed by atoms with van der Waals surface area (Å²) in [6, 6.07) is 16.5. The van der Waals surface area contributed by atoms with Crippen LogP contribution in [0.1, 0.15) is 62.5 Å². The summed E-state index contributed by atoms with van der Waals surface area (Å²) in [5, 5.41) is 24.2. The van der Waals surface area contributed by atoms with E-state index in [4.69, 9.17) is 9.97 Å². The molecule has 3 heterocycles. The molecule has 3 aromatic heterocycles. The lowest BCUT2D eigenvalue weighted by Crippen LogP contribution is -2.49. The van der Waals surface area contributed by atoms with Crippen molar-refractivity contribution >= 4 is 23.6 Å². The van der Waals surface area contributed by atoms with E-state index in [1.165, 1.54) is 25.7 Å². The topological polar surface area (TPSA) is 137 Å². The minimum absolute atomic E-state index is 0.0116. The summed E-state index contributed by atoms with van der Waals surface area (Å²) >= 11 is 0. The first kappa shape index (κ1) is 29.7. The van der Waals surface area contributed by atoms with Crippen LogP contribution >= 0.6 is 0 Å². The van der Waals surface area contributed by atoms with E-state index in [2.05, 4.69) is 32.1 Å². The van der Waals surface area contributed by atoms with Crippen LogP contribution in [0.5, 0.6) is 0 Å². The van der Waals surface area contributed by atoms with Gasteiger partial charge in [-0.25, -0.2) is 14.8 Å². The second kappa shape index (κ2) is 13.2. The maximum Gasteiger partial charge on any atom is 0.323 e. The average Bonchev–Trinajstić information content (AvgIpc) is 4.03. The maximum atomic E-state index is 13.7. The molecule has 3 aliphatic rings. The van der Waals surface area contributed by atoms with Crippen LogP contribution in [-0.4, -0.2) is 48.9 Å². The summed E-state index contributed by atoms with van der Waals surface area (Å²) < 4.78 is 1.76. The Morgan fingerprint density at radius 1 is 0.957 bits per heavy atom. The standard InChI is InChI=1S/C35H40N10O/c1-44-22-28(21-40-44)26-11-16-31(37-19-26)45(35(46)39-18-23-5-3-2-4-6-23)30-14-12-29(13-15-30)41-34-38-20-27(17-36)33(43-34)42-32(24-7-8-24)25-9-10-25/h2-6,11,16,19-22,24-25,29-30,32H,7-10,12-15,18H2,1H3,(H,39,46)(H2,38,41,42,43)/t29-,30-. The van der Waals surface area contributed by atoms with Gasteiger partial charge in [0.1, 0.15) is 23.3 Å². The number of hydrogen-bond donors (Lipinski definition) is 3. The number of aromatic nitrogens is 5. The second-order valence-corrected chi connectivity index (χ2v) is 12.9. The molecular weight excluding hydrogens is 576 g/mol. The lowest BCUT2D eigenvalue weighted by molar-refractivity contribution is 0.240. The van der Waals surface area contributed by atoms with Gasteiger partial charge >= 0.3 is 6.03 Å². The van der Waals surface area contributed by atoms with E-state index in [1.54, 1.807) is 10.9 Å². The average molecular weight is 617 g/mol. The van der Waals surface area contributed by atoms with Crippen molar-refractivity contribution in [3.05, 3.63) is 78.4 Å².